The Morgan fingerprint density at radius 3 is 2.12 bits per heavy atom. The van der Waals surface area contributed by atoms with E-state index in [0.717, 1.165) is 31.2 Å². The summed E-state index contributed by atoms with van der Waals surface area (Å²) in [7, 11) is 0. The maximum Gasteiger partial charge on any atom is 0.224 e. The number of nitrogens with two attached hydrogens (primary N) is 1. The third-order valence-electron chi connectivity index (χ3n) is 4.78. The molecule has 3 nitrogen and oxygen atoms in total. The van der Waals surface area contributed by atoms with Crippen LogP contribution in [0.15, 0.2) is 54.6 Å². The smallest absolute Gasteiger partial charge is 0.224 e. The van der Waals surface area contributed by atoms with E-state index in [2.05, 4.69) is 29.6 Å². The van der Waals surface area contributed by atoms with Gasteiger partial charge in [0.2, 0.25) is 5.91 Å². The highest BCUT2D eigenvalue weighted by Crippen LogP contribution is 2.28. The highest BCUT2D eigenvalue weighted by Gasteiger charge is 2.33. The van der Waals surface area contributed by atoms with Crippen LogP contribution in [0, 0.1) is 0 Å². The lowest BCUT2D eigenvalue weighted by atomic mass is 9.97. The predicted octanol–water partition coefficient (Wildman–Crippen LogP) is 3.71. The molecule has 1 saturated carbocycles. The van der Waals surface area contributed by atoms with Gasteiger partial charge in [0.25, 0.3) is 0 Å². The van der Waals surface area contributed by atoms with E-state index in [1.165, 1.54) is 11.1 Å². The molecule has 3 N–H and O–H groups in total. The highest BCUT2D eigenvalue weighted by atomic mass is 35.5. The molecule has 0 radical (unpaired) electrons. The average Bonchev–Trinajstić information content (AvgIpc) is 3.05. The molecule has 0 aromatic heterocycles. The molecule has 1 aliphatic rings. The molecule has 4 heteroatoms. The molecule has 3 rings (SSSR count). The van der Waals surface area contributed by atoms with Crippen molar-refractivity contribution in [2.75, 3.05) is 6.54 Å². The summed E-state index contributed by atoms with van der Waals surface area (Å²) in [4.78, 5) is 12.3. The first-order valence-electron chi connectivity index (χ1n) is 8.36. The number of benzene rings is 2. The van der Waals surface area contributed by atoms with Crippen molar-refractivity contribution in [3.05, 3.63) is 60.2 Å². The molecule has 0 saturated heterocycles. The summed E-state index contributed by atoms with van der Waals surface area (Å²) in [6.45, 7) is 0.533. The summed E-state index contributed by atoms with van der Waals surface area (Å²) in [5.74, 6) is 0.0739. The number of hydrogen-bond acceptors (Lipinski definition) is 2. The van der Waals surface area contributed by atoms with Gasteiger partial charge in [-0.05, 0) is 29.5 Å². The lowest BCUT2D eigenvalue weighted by Gasteiger charge is -2.28. The molecule has 1 amide bonds. The Kier molecular flexibility index (Phi) is 6.41. The Labute approximate surface area is 150 Å². The van der Waals surface area contributed by atoms with Gasteiger partial charge in [-0.25, -0.2) is 0 Å². The fourth-order valence-electron chi connectivity index (χ4n) is 3.40. The third-order valence-corrected chi connectivity index (χ3v) is 4.78. The molecule has 128 valence electrons. The molecule has 0 aliphatic heterocycles. The number of halogens is 1. The summed E-state index contributed by atoms with van der Waals surface area (Å²) < 4.78 is 0. The first-order chi connectivity index (χ1) is 11.2. The highest BCUT2D eigenvalue weighted by molar-refractivity contribution is 5.85. The molecular formula is C20H25ClN2O. The van der Waals surface area contributed by atoms with Crippen molar-refractivity contribution in [1.82, 2.24) is 5.32 Å². The fraction of sp³-hybridized carbons (Fsp3) is 0.350. The zero-order valence-corrected chi connectivity index (χ0v) is 14.6. The molecule has 0 bridgehead atoms. The van der Waals surface area contributed by atoms with Crippen LogP contribution < -0.4 is 11.1 Å². The van der Waals surface area contributed by atoms with E-state index in [9.17, 15) is 4.79 Å². The summed E-state index contributed by atoms with van der Waals surface area (Å²) in [6, 6.07) is 18.5. The van der Waals surface area contributed by atoms with E-state index >= 15 is 0 Å². The van der Waals surface area contributed by atoms with Gasteiger partial charge in [0.15, 0.2) is 0 Å². The minimum atomic E-state index is -0.166. The second-order valence-electron chi connectivity index (χ2n) is 6.48. The Morgan fingerprint density at radius 1 is 0.958 bits per heavy atom. The largest absolute Gasteiger partial charge is 0.349 e. The molecule has 2 aromatic rings. The van der Waals surface area contributed by atoms with E-state index < -0.39 is 0 Å². The van der Waals surface area contributed by atoms with Crippen LogP contribution in [0.1, 0.15) is 31.2 Å². The van der Waals surface area contributed by atoms with Gasteiger partial charge in [0, 0.05) is 6.54 Å². The number of carbonyl (C=O) groups is 1. The van der Waals surface area contributed by atoms with E-state index in [1.54, 1.807) is 0 Å². The molecule has 1 fully saturated rings. The fourth-order valence-corrected chi connectivity index (χ4v) is 3.40. The van der Waals surface area contributed by atoms with Crippen LogP contribution in [0.25, 0.3) is 11.1 Å². The van der Waals surface area contributed by atoms with Crippen LogP contribution >= 0.6 is 12.4 Å². The molecule has 0 spiro atoms. The number of carbonyl (C=O) groups excluding carboxylic acids is 1. The van der Waals surface area contributed by atoms with Gasteiger partial charge < -0.3 is 11.1 Å². The van der Waals surface area contributed by atoms with Gasteiger partial charge in [-0.1, -0.05) is 67.4 Å². The lowest BCUT2D eigenvalue weighted by molar-refractivity contribution is -0.122. The van der Waals surface area contributed by atoms with E-state index in [4.69, 9.17) is 5.73 Å². The molecule has 1 aliphatic carbocycles. The maximum absolute atomic E-state index is 12.3. The number of rotatable bonds is 5. The van der Waals surface area contributed by atoms with Crippen molar-refractivity contribution >= 4 is 18.3 Å². The number of hydrogen-bond donors (Lipinski definition) is 2. The van der Waals surface area contributed by atoms with Crippen LogP contribution in [0.5, 0.6) is 0 Å². The van der Waals surface area contributed by atoms with Crippen LogP contribution in [0.2, 0.25) is 0 Å². The predicted molar refractivity (Wildman–Crippen MR) is 101 cm³/mol. The van der Waals surface area contributed by atoms with Crippen molar-refractivity contribution in [2.24, 2.45) is 5.73 Å². The SMILES string of the molecule is Cl.NCC1(NC(=O)Cc2ccc(-c3ccccc3)cc2)CCCC1. The summed E-state index contributed by atoms with van der Waals surface area (Å²) in [6.07, 6.45) is 4.73. The Balaban J connectivity index is 0.00000208. The summed E-state index contributed by atoms with van der Waals surface area (Å²) in [5, 5.41) is 3.17. The average molecular weight is 345 g/mol. The maximum atomic E-state index is 12.3. The van der Waals surface area contributed by atoms with Gasteiger partial charge in [-0.15, -0.1) is 12.4 Å². The molecule has 0 unspecified atom stereocenters. The molecule has 0 atom stereocenters. The van der Waals surface area contributed by atoms with Crippen molar-refractivity contribution in [2.45, 2.75) is 37.6 Å². The van der Waals surface area contributed by atoms with Gasteiger partial charge in [0.1, 0.15) is 0 Å². The van der Waals surface area contributed by atoms with Crippen LogP contribution in [0.3, 0.4) is 0 Å². The second-order valence-corrected chi connectivity index (χ2v) is 6.48. The summed E-state index contributed by atoms with van der Waals surface area (Å²) >= 11 is 0. The molecule has 24 heavy (non-hydrogen) atoms. The van der Waals surface area contributed by atoms with E-state index in [-0.39, 0.29) is 23.9 Å². The standard InChI is InChI=1S/C20H24N2O.ClH/c21-15-20(12-4-5-13-20)22-19(23)14-16-8-10-18(11-9-16)17-6-2-1-3-7-17;/h1-3,6-11H,4-5,12-15,21H2,(H,22,23);1H. The normalized spacial score (nSPS) is 15.5. The zero-order chi connectivity index (χ0) is 16.1. The van der Waals surface area contributed by atoms with Crippen molar-refractivity contribution < 1.29 is 4.79 Å². The molecule has 0 heterocycles. The minimum Gasteiger partial charge on any atom is -0.349 e. The van der Waals surface area contributed by atoms with Crippen molar-refractivity contribution in [3.63, 3.8) is 0 Å². The molecular weight excluding hydrogens is 320 g/mol. The molecule has 2 aromatic carbocycles. The number of nitrogens with one attached hydrogen (secondary N) is 1. The summed E-state index contributed by atoms with van der Waals surface area (Å²) in [5.41, 5.74) is 9.11. The van der Waals surface area contributed by atoms with Crippen LogP contribution in [-0.4, -0.2) is 18.0 Å². The van der Waals surface area contributed by atoms with E-state index in [0.29, 0.717) is 13.0 Å². The van der Waals surface area contributed by atoms with E-state index in [1.807, 2.05) is 30.3 Å². The Hall–Kier alpha value is -1.84. The van der Waals surface area contributed by atoms with Crippen molar-refractivity contribution in [1.29, 1.82) is 0 Å². The minimum absolute atomic E-state index is 0. The van der Waals surface area contributed by atoms with Crippen LogP contribution in [0.4, 0.5) is 0 Å². The van der Waals surface area contributed by atoms with Gasteiger partial charge >= 0.3 is 0 Å². The van der Waals surface area contributed by atoms with Gasteiger partial charge in [-0.3, -0.25) is 4.79 Å². The topological polar surface area (TPSA) is 55.1 Å². The van der Waals surface area contributed by atoms with Crippen molar-refractivity contribution in [3.8, 4) is 11.1 Å². The first kappa shape index (κ1) is 18.5. The lowest BCUT2D eigenvalue weighted by Crippen LogP contribution is -2.52. The second kappa shape index (κ2) is 8.32. The monoisotopic (exact) mass is 344 g/mol. The third kappa shape index (κ3) is 4.37. The Morgan fingerprint density at radius 2 is 1.54 bits per heavy atom. The van der Waals surface area contributed by atoms with Crippen LogP contribution in [-0.2, 0) is 11.2 Å². The first-order valence-corrected chi connectivity index (χ1v) is 8.36. The number of amides is 1. The Bertz CT molecular complexity index is 649. The quantitative estimate of drug-likeness (QED) is 0.868. The zero-order valence-electron chi connectivity index (χ0n) is 13.8. The van der Waals surface area contributed by atoms with Gasteiger partial charge in [-0.2, -0.15) is 0 Å². The van der Waals surface area contributed by atoms with Gasteiger partial charge in [0.05, 0.1) is 12.0 Å².